The molecule has 0 saturated heterocycles. The Morgan fingerprint density at radius 3 is 2.50 bits per heavy atom. The van der Waals surface area contributed by atoms with Crippen molar-refractivity contribution in [2.24, 2.45) is 0 Å². The number of amides is 1. The van der Waals surface area contributed by atoms with Gasteiger partial charge in [0.25, 0.3) is 11.5 Å². The standard InChI is InChI=1S/C22H20N6O2/c1-17(28-21(29)12-11-20(25-28)27-15-7-14-24-27)22(30)26(19-10-5-6-13-23-19)16-18-8-3-2-4-9-18/h2-15,17H,16H2,1H3. The van der Waals surface area contributed by atoms with E-state index in [1.165, 1.54) is 15.4 Å². The molecule has 0 aliphatic carbocycles. The van der Waals surface area contributed by atoms with E-state index >= 15 is 0 Å². The maximum absolute atomic E-state index is 13.5. The van der Waals surface area contributed by atoms with E-state index in [1.807, 2.05) is 36.4 Å². The fourth-order valence-electron chi connectivity index (χ4n) is 3.10. The normalized spacial score (nSPS) is 11.8. The Labute approximate surface area is 173 Å². The second-order valence-electron chi connectivity index (χ2n) is 6.70. The van der Waals surface area contributed by atoms with E-state index in [0.29, 0.717) is 18.2 Å². The SMILES string of the molecule is CC(C(=O)N(Cc1ccccc1)c1ccccn1)n1nc(-n2cccn2)ccc1=O. The number of hydrogen-bond donors (Lipinski definition) is 0. The third-order valence-electron chi connectivity index (χ3n) is 4.65. The smallest absolute Gasteiger partial charge is 0.267 e. The molecule has 1 unspecified atom stereocenters. The predicted octanol–water partition coefficient (Wildman–Crippen LogP) is 2.62. The lowest BCUT2D eigenvalue weighted by Gasteiger charge is -2.25. The van der Waals surface area contributed by atoms with E-state index < -0.39 is 6.04 Å². The Hall–Kier alpha value is -4.07. The topological polar surface area (TPSA) is 85.9 Å². The van der Waals surface area contributed by atoms with Crippen molar-refractivity contribution in [3.8, 4) is 5.82 Å². The van der Waals surface area contributed by atoms with Crippen LogP contribution in [-0.2, 0) is 11.3 Å². The highest BCUT2D eigenvalue weighted by Crippen LogP contribution is 2.19. The van der Waals surface area contributed by atoms with E-state index in [9.17, 15) is 9.59 Å². The first-order chi connectivity index (χ1) is 14.6. The molecule has 4 aromatic rings. The van der Waals surface area contributed by atoms with Gasteiger partial charge in [0.1, 0.15) is 11.9 Å². The molecule has 1 aromatic carbocycles. The Morgan fingerprint density at radius 2 is 1.80 bits per heavy atom. The van der Waals surface area contributed by atoms with Crippen molar-refractivity contribution in [1.82, 2.24) is 24.5 Å². The molecule has 0 bridgehead atoms. The molecule has 4 rings (SSSR count). The lowest BCUT2D eigenvalue weighted by molar-refractivity contribution is -0.121. The summed E-state index contributed by atoms with van der Waals surface area (Å²) >= 11 is 0. The third-order valence-corrected chi connectivity index (χ3v) is 4.65. The van der Waals surface area contributed by atoms with E-state index in [1.54, 1.807) is 54.7 Å². The van der Waals surface area contributed by atoms with Gasteiger partial charge in [-0.1, -0.05) is 36.4 Å². The summed E-state index contributed by atoms with van der Waals surface area (Å²) in [5, 5.41) is 8.49. The van der Waals surface area contributed by atoms with Crippen molar-refractivity contribution in [2.45, 2.75) is 19.5 Å². The average Bonchev–Trinajstić information content (AvgIpc) is 3.33. The quantitative estimate of drug-likeness (QED) is 0.497. The first-order valence-corrected chi connectivity index (χ1v) is 9.50. The molecule has 150 valence electrons. The van der Waals surface area contributed by atoms with Crippen LogP contribution in [-0.4, -0.2) is 30.5 Å². The second-order valence-corrected chi connectivity index (χ2v) is 6.70. The van der Waals surface area contributed by atoms with Crippen LogP contribution in [0.15, 0.2) is 90.1 Å². The molecule has 0 N–H and O–H groups in total. The van der Waals surface area contributed by atoms with Gasteiger partial charge in [0, 0.05) is 24.7 Å². The first-order valence-electron chi connectivity index (χ1n) is 9.50. The van der Waals surface area contributed by atoms with E-state index in [-0.39, 0.29) is 11.5 Å². The number of hydrogen-bond acceptors (Lipinski definition) is 5. The van der Waals surface area contributed by atoms with Gasteiger partial charge in [-0.3, -0.25) is 14.5 Å². The van der Waals surface area contributed by atoms with Gasteiger partial charge in [-0.15, -0.1) is 5.10 Å². The lowest BCUT2D eigenvalue weighted by Crippen LogP contribution is -2.40. The number of aromatic nitrogens is 5. The van der Waals surface area contributed by atoms with Crippen LogP contribution in [0.1, 0.15) is 18.5 Å². The van der Waals surface area contributed by atoms with Crippen molar-refractivity contribution < 1.29 is 4.79 Å². The number of carbonyl (C=O) groups excluding carboxylic acids is 1. The summed E-state index contributed by atoms with van der Waals surface area (Å²) in [6.45, 7) is 1.99. The predicted molar refractivity (Wildman–Crippen MR) is 112 cm³/mol. The maximum atomic E-state index is 13.5. The van der Waals surface area contributed by atoms with Crippen LogP contribution in [0, 0.1) is 0 Å². The minimum atomic E-state index is -0.835. The summed E-state index contributed by atoms with van der Waals surface area (Å²) in [7, 11) is 0. The van der Waals surface area contributed by atoms with Gasteiger partial charge < -0.3 is 0 Å². The molecule has 0 aliphatic heterocycles. The fraction of sp³-hybridized carbons (Fsp3) is 0.136. The fourth-order valence-corrected chi connectivity index (χ4v) is 3.10. The highest BCUT2D eigenvalue weighted by molar-refractivity contribution is 5.94. The molecular formula is C22H20N6O2. The van der Waals surface area contributed by atoms with Crippen molar-refractivity contribution in [3.63, 3.8) is 0 Å². The van der Waals surface area contributed by atoms with Crippen LogP contribution in [0.4, 0.5) is 5.82 Å². The second kappa shape index (κ2) is 8.52. The summed E-state index contributed by atoms with van der Waals surface area (Å²) < 4.78 is 2.72. The monoisotopic (exact) mass is 400 g/mol. The average molecular weight is 400 g/mol. The summed E-state index contributed by atoms with van der Waals surface area (Å²) in [4.78, 5) is 31.9. The number of nitrogens with zero attached hydrogens (tertiary/aromatic N) is 6. The van der Waals surface area contributed by atoms with Crippen molar-refractivity contribution >= 4 is 11.7 Å². The van der Waals surface area contributed by atoms with Crippen LogP contribution >= 0.6 is 0 Å². The molecule has 3 aromatic heterocycles. The van der Waals surface area contributed by atoms with E-state index in [0.717, 1.165) is 5.56 Å². The van der Waals surface area contributed by atoms with Crippen LogP contribution < -0.4 is 10.5 Å². The lowest BCUT2D eigenvalue weighted by atomic mass is 10.2. The zero-order valence-corrected chi connectivity index (χ0v) is 16.4. The molecule has 8 nitrogen and oxygen atoms in total. The highest BCUT2D eigenvalue weighted by Gasteiger charge is 2.26. The molecule has 0 radical (unpaired) electrons. The molecule has 0 aliphatic rings. The van der Waals surface area contributed by atoms with Crippen LogP contribution in [0.2, 0.25) is 0 Å². The summed E-state index contributed by atoms with van der Waals surface area (Å²) in [5.41, 5.74) is 0.585. The number of benzene rings is 1. The van der Waals surface area contributed by atoms with Gasteiger partial charge in [-0.25, -0.2) is 14.3 Å². The Morgan fingerprint density at radius 1 is 1.00 bits per heavy atom. The Kier molecular flexibility index (Phi) is 5.47. The minimum Gasteiger partial charge on any atom is -0.290 e. The molecule has 1 atom stereocenters. The van der Waals surface area contributed by atoms with Crippen molar-refractivity contribution in [1.29, 1.82) is 0 Å². The molecule has 3 heterocycles. The maximum Gasteiger partial charge on any atom is 0.267 e. The van der Waals surface area contributed by atoms with Gasteiger partial charge in [0.2, 0.25) is 0 Å². The number of anilines is 1. The van der Waals surface area contributed by atoms with Crippen LogP contribution in [0.5, 0.6) is 0 Å². The number of rotatable bonds is 6. The molecular weight excluding hydrogens is 380 g/mol. The zero-order valence-electron chi connectivity index (χ0n) is 16.4. The van der Waals surface area contributed by atoms with Gasteiger partial charge in [0.15, 0.2) is 5.82 Å². The van der Waals surface area contributed by atoms with Gasteiger partial charge >= 0.3 is 0 Å². The zero-order chi connectivity index (χ0) is 20.9. The van der Waals surface area contributed by atoms with Crippen LogP contribution in [0.3, 0.4) is 0 Å². The van der Waals surface area contributed by atoms with Crippen LogP contribution in [0.25, 0.3) is 5.82 Å². The van der Waals surface area contributed by atoms with Gasteiger partial charge in [-0.2, -0.15) is 5.10 Å². The largest absolute Gasteiger partial charge is 0.290 e. The van der Waals surface area contributed by atoms with Crippen molar-refractivity contribution in [2.75, 3.05) is 4.90 Å². The Balaban J connectivity index is 1.69. The van der Waals surface area contributed by atoms with E-state index in [4.69, 9.17) is 0 Å². The third kappa shape index (κ3) is 4.02. The summed E-state index contributed by atoms with van der Waals surface area (Å²) in [6.07, 6.45) is 4.97. The van der Waals surface area contributed by atoms with Gasteiger partial charge in [0.05, 0.1) is 6.54 Å². The number of pyridine rings is 1. The Bertz CT molecular complexity index is 1170. The summed E-state index contributed by atoms with van der Waals surface area (Å²) in [5.74, 6) is 0.672. The van der Waals surface area contributed by atoms with Crippen molar-refractivity contribution in [3.05, 3.63) is 101 Å². The summed E-state index contributed by atoms with van der Waals surface area (Å²) in [6, 6.07) is 18.9. The first kappa shape index (κ1) is 19.3. The molecule has 0 spiro atoms. The molecule has 30 heavy (non-hydrogen) atoms. The molecule has 0 fully saturated rings. The number of carbonyl (C=O) groups is 1. The highest BCUT2D eigenvalue weighted by atomic mass is 16.2. The molecule has 1 amide bonds. The van der Waals surface area contributed by atoms with Gasteiger partial charge in [-0.05, 0) is 36.8 Å². The molecule has 0 saturated carbocycles. The van der Waals surface area contributed by atoms with E-state index in [2.05, 4.69) is 15.2 Å². The minimum absolute atomic E-state index is 0.287. The molecule has 8 heteroatoms.